The number of benzene rings is 2. The van der Waals surface area contributed by atoms with E-state index < -0.39 is 0 Å². The first-order valence-corrected chi connectivity index (χ1v) is 9.55. The Bertz CT molecular complexity index is 1060. The van der Waals surface area contributed by atoms with E-state index >= 15 is 0 Å². The van der Waals surface area contributed by atoms with Crippen LogP contribution in [0.3, 0.4) is 0 Å². The third-order valence-electron chi connectivity index (χ3n) is 5.19. The van der Waals surface area contributed by atoms with E-state index in [1.54, 1.807) is 30.6 Å². The Morgan fingerprint density at radius 1 is 1.21 bits per heavy atom. The van der Waals surface area contributed by atoms with Gasteiger partial charge in [0.2, 0.25) is 0 Å². The maximum Gasteiger partial charge on any atom is 0.255 e. The fourth-order valence-electron chi connectivity index (χ4n) is 3.61. The number of carbonyl (C=O) groups excluding carboxylic acids is 1. The van der Waals surface area contributed by atoms with Gasteiger partial charge in [0.05, 0.1) is 35.2 Å². The van der Waals surface area contributed by atoms with Crippen molar-refractivity contribution in [2.45, 2.75) is 0 Å². The Hall–Kier alpha value is -3.41. The SMILES string of the molecule is N#Cc1cc(NC(=O)c2ccc3nc[nH]c3c2)ccc1N1CCN(CCO)CC1. The van der Waals surface area contributed by atoms with E-state index in [-0.39, 0.29) is 12.5 Å². The largest absolute Gasteiger partial charge is 0.395 e. The van der Waals surface area contributed by atoms with Crippen LogP contribution in [0.2, 0.25) is 0 Å². The van der Waals surface area contributed by atoms with Crippen LogP contribution >= 0.6 is 0 Å². The van der Waals surface area contributed by atoms with Gasteiger partial charge in [0.15, 0.2) is 0 Å². The minimum Gasteiger partial charge on any atom is -0.395 e. The molecular formula is C21H22N6O2. The smallest absolute Gasteiger partial charge is 0.255 e. The molecule has 0 unspecified atom stereocenters. The van der Waals surface area contributed by atoms with Gasteiger partial charge in [-0.05, 0) is 36.4 Å². The van der Waals surface area contributed by atoms with Crippen molar-refractivity contribution in [2.75, 3.05) is 49.5 Å². The Kier molecular flexibility index (Phi) is 5.42. The van der Waals surface area contributed by atoms with Crippen molar-refractivity contribution in [1.29, 1.82) is 5.26 Å². The summed E-state index contributed by atoms with van der Waals surface area (Å²) in [6.45, 7) is 4.12. The fraction of sp³-hybridized carbons (Fsp3) is 0.286. The molecule has 4 rings (SSSR count). The maximum absolute atomic E-state index is 12.6. The van der Waals surface area contributed by atoms with E-state index in [1.165, 1.54) is 0 Å². The summed E-state index contributed by atoms with van der Waals surface area (Å²) in [6, 6.07) is 12.9. The molecule has 1 saturated heterocycles. The summed E-state index contributed by atoms with van der Waals surface area (Å²) in [5.41, 5.74) is 4.10. The monoisotopic (exact) mass is 390 g/mol. The molecule has 1 aromatic heterocycles. The highest BCUT2D eigenvalue weighted by atomic mass is 16.3. The summed E-state index contributed by atoms with van der Waals surface area (Å²) < 4.78 is 0. The summed E-state index contributed by atoms with van der Waals surface area (Å²) in [5, 5.41) is 21.5. The highest BCUT2D eigenvalue weighted by molar-refractivity contribution is 6.06. The van der Waals surface area contributed by atoms with Gasteiger partial charge in [-0.3, -0.25) is 9.69 Å². The van der Waals surface area contributed by atoms with Gasteiger partial charge in [-0.2, -0.15) is 5.26 Å². The number of nitrogens with one attached hydrogen (secondary N) is 2. The van der Waals surface area contributed by atoms with Crippen LogP contribution in [-0.4, -0.2) is 65.2 Å². The molecule has 0 radical (unpaired) electrons. The van der Waals surface area contributed by atoms with E-state index in [9.17, 15) is 10.1 Å². The zero-order valence-electron chi connectivity index (χ0n) is 15.9. The second kappa shape index (κ2) is 8.31. The topological polar surface area (TPSA) is 108 Å². The van der Waals surface area contributed by atoms with E-state index in [0.717, 1.165) is 42.9 Å². The number of fused-ring (bicyclic) bond motifs is 1. The molecule has 8 nitrogen and oxygen atoms in total. The number of hydrogen-bond donors (Lipinski definition) is 3. The molecule has 2 heterocycles. The van der Waals surface area contributed by atoms with Gasteiger partial charge in [-0.25, -0.2) is 4.98 Å². The fourth-order valence-corrected chi connectivity index (χ4v) is 3.61. The van der Waals surface area contributed by atoms with Crippen LogP contribution in [0.4, 0.5) is 11.4 Å². The zero-order valence-corrected chi connectivity index (χ0v) is 15.9. The zero-order chi connectivity index (χ0) is 20.2. The highest BCUT2D eigenvalue weighted by Crippen LogP contribution is 2.25. The van der Waals surface area contributed by atoms with Crippen LogP contribution in [0.15, 0.2) is 42.7 Å². The van der Waals surface area contributed by atoms with Crippen LogP contribution in [0.1, 0.15) is 15.9 Å². The minimum atomic E-state index is -0.240. The molecule has 1 fully saturated rings. The molecule has 0 saturated carbocycles. The third kappa shape index (κ3) is 4.06. The number of aromatic amines is 1. The number of anilines is 2. The van der Waals surface area contributed by atoms with Gasteiger partial charge in [0.1, 0.15) is 6.07 Å². The van der Waals surface area contributed by atoms with Crippen LogP contribution in [0.25, 0.3) is 11.0 Å². The number of aliphatic hydroxyl groups excluding tert-OH is 1. The summed E-state index contributed by atoms with van der Waals surface area (Å²) in [7, 11) is 0. The third-order valence-corrected chi connectivity index (χ3v) is 5.19. The quantitative estimate of drug-likeness (QED) is 0.613. The first kappa shape index (κ1) is 18.9. The van der Waals surface area contributed by atoms with Crippen molar-refractivity contribution in [3.05, 3.63) is 53.9 Å². The van der Waals surface area contributed by atoms with Gasteiger partial charge in [0, 0.05) is 44.0 Å². The maximum atomic E-state index is 12.6. The first-order chi connectivity index (χ1) is 14.2. The lowest BCUT2D eigenvalue weighted by Gasteiger charge is -2.36. The molecule has 3 aromatic rings. The summed E-state index contributed by atoms with van der Waals surface area (Å²) in [6.07, 6.45) is 1.59. The van der Waals surface area contributed by atoms with E-state index in [4.69, 9.17) is 5.11 Å². The number of amides is 1. The number of β-amino-alcohol motifs (C(OH)–C–C–N with tert-alkyl or cyclic N) is 1. The van der Waals surface area contributed by atoms with E-state index in [0.29, 0.717) is 23.4 Å². The molecule has 8 heteroatoms. The molecule has 0 spiro atoms. The van der Waals surface area contributed by atoms with Crippen LogP contribution < -0.4 is 10.2 Å². The molecule has 1 amide bonds. The predicted octanol–water partition coefficient (Wildman–Crippen LogP) is 1.80. The molecule has 0 atom stereocenters. The number of piperazine rings is 1. The number of aromatic nitrogens is 2. The highest BCUT2D eigenvalue weighted by Gasteiger charge is 2.19. The van der Waals surface area contributed by atoms with Gasteiger partial charge >= 0.3 is 0 Å². The number of nitrogens with zero attached hydrogens (tertiary/aromatic N) is 4. The summed E-state index contributed by atoms with van der Waals surface area (Å²) >= 11 is 0. The number of carbonyl (C=O) groups is 1. The van der Waals surface area contributed by atoms with Crippen molar-refractivity contribution in [1.82, 2.24) is 14.9 Å². The van der Waals surface area contributed by atoms with E-state index in [2.05, 4.69) is 31.2 Å². The predicted molar refractivity (Wildman–Crippen MR) is 111 cm³/mol. The number of H-pyrrole nitrogens is 1. The number of hydrogen-bond acceptors (Lipinski definition) is 6. The Morgan fingerprint density at radius 2 is 2.03 bits per heavy atom. The van der Waals surface area contributed by atoms with Crippen LogP contribution in [0.5, 0.6) is 0 Å². The molecule has 1 aliphatic rings. The molecule has 29 heavy (non-hydrogen) atoms. The van der Waals surface area contributed by atoms with Gasteiger partial charge in [-0.15, -0.1) is 0 Å². The normalized spacial score (nSPS) is 14.7. The van der Waals surface area contributed by atoms with Gasteiger partial charge in [-0.1, -0.05) is 0 Å². The Labute approximate surface area is 168 Å². The Morgan fingerprint density at radius 3 is 2.79 bits per heavy atom. The lowest BCUT2D eigenvalue weighted by molar-refractivity contribution is 0.102. The second-order valence-electron chi connectivity index (χ2n) is 6.98. The van der Waals surface area contributed by atoms with E-state index in [1.807, 2.05) is 12.1 Å². The van der Waals surface area contributed by atoms with Crippen molar-refractivity contribution in [3.8, 4) is 6.07 Å². The molecule has 148 valence electrons. The number of aliphatic hydroxyl groups is 1. The summed E-state index contributed by atoms with van der Waals surface area (Å²) in [5.74, 6) is -0.240. The molecule has 3 N–H and O–H groups in total. The van der Waals surface area contributed by atoms with Crippen LogP contribution in [0, 0.1) is 11.3 Å². The second-order valence-corrected chi connectivity index (χ2v) is 6.98. The summed E-state index contributed by atoms with van der Waals surface area (Å²) in [4.78, 5) is 24.1. The first-order valence-electron chi connectivity index (χ1n) is 9.55. The number of nitriles is 1. The standard InChI is InChI=1S/C21H22N6O2/c22-13-16-11-17(2-4-20(16)27-7-5-26(6-8-27)9-10-28)25-21(29)15-1-3-18-19(12-15)24-14-23-18/h1-4,11-12,14,28H,5-10H2,(H,23,24)(H,25,29). The minimum absolute atomic E-state index is 0.158. The van der Waals surface area contributed by atoms with Crippen molar-refractivity contribution < 1.29 is 9.90 Å². The number of rotatable bonds is 5. The van der Waals surface area contributed by atoms with Gasteiger partial charge in [0.25, 0.3) is 5.91 Å². The van der Waals surface area contributed by atoms with Crippen molar-refractivity contribution >= 4 is 28.3 Å². The lowest BCUT2D eigenvalue weighted by atomic mass is 10.1. The molecule has 0 bridgehead atoms. The number of imidazole rings is 1. The lowest BCUT2D eigenvalue weighted by Crippen LogP contribution is -2.47. The Balaban J connectivity index is 1.48. The van der Waals surface area contributed by atoms with Crippen molar-refractivity contribution in [2.24, 2.45) is 0 Å². The van der Waals surface area contributed by atoms with Crippen LogP contribution in [-0.2, 0) is 0 Å². The van der Waals surface area contributed by atoms with Crippen molar-refractivity contribution in [3.63, 3.8) is 0 Å². The molecule has 2 aromatic carbocycles. The molecular weight excluding hydrogens is 368 g/mol. The average molecular weight is 390 g/mol. The van der Waals surface area contributed by atoms with Gasteiger partial charge < -0.3 is 20.3 Å². The average Bonchev–Trinajstić information content (AvgIpc) is 3.22. The molecule has 1 aliphatic heterocycles. The molecule has 0 aliphatic carbocycles.